The minimum absolute atomic E-state index is 0.0344. The third kappa shape index (κ3) is 7.62. The van der Waals surface area contributed by atoms with E-state index in [2.05, 4.69) is 10.1 Å². The first-order valence-corrected chi connectivity index (χ1v) is 13.2. The summed E-state index contributed by atoms with van der Waals surface area (Å²) in [7, 11) is -4.13. The van der Waals surface area contributed by atoms with Gasteiger partial charge in [0.15, 0.2) is 12.5 Å². The van der Waals surface area contributed by atoms with Gasteiger partial charge in [-0.2, -0.15) is 10.1 Å². The van der Waals surface area contributed by atoms with E-state index in [4.69, 9.17) is 29.0 Å². The summed E-state index contributed by atoms with van der Waals surface area (Å²) >= 11 is 0. The highest BCUT2D eigenvalue weighted by atomic mass is 31.2. The molecule has 0 radical (unpaired) electrons. The summed E-state index contributed by atoms with van der Waals surface area (Å²) in [5, 5.41) is 2.74. The topological polar surface area (TPSA) is 153 Å². The second kappa shape index (κ2) is 12.5. The van der Waals surface area contributed by atoms with E-state index in [1.54, 1.807) is 51.1 Å². The van der Waals surface area contributed by atoms with Crippen molar-refractivity contribution < 1.29 is 32.6 Å². The average molecular weight is 525 g/mol. The lowest BCUT2D eigenvalue weighted by atomic mass is 10.1. The van der Waals surface area contributed by atoms with Crippen LogP contribution in [0.25, 0.3) is 0 Å². The number of nitrogens with one attached hydrogen (secondary N) is 1. The molecule has 0 aliphatic carbocycles. The molecular formula is C23H33N4O8P. The van der Waals surface area contributed by atoms with Crippen LogP contribution < -0.4 is 21.0 Å². The molecule has 12 nitrogen and oxygen atoms in total. The van der Waals surface area contributed by atoms with E-state index in [0.717, 1.165) is 0 Å². The monoisotopic (exact) mass is 524 g/mol. The number of carbonyl (C=O) groups is 1. The molecule has 1 aromatic carbocycles. The minimum Gasteiger partial charge on any atom is -0.462 e. The van der Waals surface area contributed by atoms with Gasteiger partial charge in [0.2, 0.25) is 0 Å². The van der Waals surface area contributed by atoms with Crippen LogP contribution in [0.15, 0.2) is 47.4 Å². The van der Waals surface area contributed by atoms with Crippen molar-refractivity contribution in [2.45, 2.75) is 58.8 Å². The lowest BCUT2D eigenvalue weighted by Gasteiger charge is -2.28. The molecule has 198 valence electrons. The maximum absolute atomic E-state index is 13.8. The van der Waals surface area contributed by atoms with E-state index in [-0.39, 0.29) is 36.8 Å². The van der Waals surface area contributed by atoms with Gasteiger partial charge >= 0.3 is 19.4 Å². The number of rotatable bonds is 12. The molecule has 3 N–H and O–H groups in total. The second-order valence-electron chi connectivity index (χ2n) is 8.60. The fourth-order valence-electron chi connectivity index (χ4n) is 3.19. The third-order valence-corrected chi connectivity index (χ3v) is 6.89. The van der Waals surface area contributed by atoms with E-state index in [9.17, 15) is 14.2 Å². The van der Waals surface area contributed by atoms with Crippen molar-refractivity contribution in [3.63, 3.8) is 0 Å². The highest BCUT2D eigenvalue weighted by Crippen LogP contribution is 2.46. The van der Waals surface area contributed by atoms with Crippen LogP contribution in [0.1, 0.15) is 40.3 Å². The summed E-state index contributed by atoms with van der Waals surface area (Å²) in [5.74, 6) is -0.488. The molecule has 0 amide bonds. The highest BCUT2D eigenvalue weighted by Gasteiger charge is 2.38. The number of hydrogen-bond acceptors (Lipinski definition) is 10. The summed E-state index contributed by atoms with van der Waals surface area (Å²) in [4.78, 5) is 28.5. The van der Waals surface area contributed by atoms with E-state index in [1.165, 1.54) is 16.8 Å². The molecule has 3 rings (SSSR count). The van der Waals surface area contributed by atoms with Gasteiger partial charge in [0, 0.05) is 6.20 Å². The number of carbonyl (C=O) groups excluding carboxylic acids is 1. The number of aromatic nitrogens is 2. The van der Waals surface area contributed by atoms with Crippen LogP contribution in [0.5, 0.6) is 5.75 Å². The zero-order valence-corrected chi connectivity index (χ0v) is 21.6. The van der Waals surface area contributed by atoms with E-state index in [1.807, 2.05) is 6.92 Å². The fourth-order valence-corrected chi connectivity index (χ4v) is 4.83. The third-order valence-electron chi connectivity index (χ3n) is 5.35. The van der Waals surface area contributed by atoms with Crippen molar-refractivity contribution in [3.05, 3.63) is 53.1 Å². The molecule has 2 aromatic rings. The average Bonchev–Trinajstić information content (AvgIpc) is 3.30. The van der Waals surface area contributed by atoms with Crippen LogP contribution in [0.2, 0.25) is 0 Å². The van der Waals surface area contributed by atoms with Crippen LogP contribution >= 0.6 is 7.75 Å². The molecule has 0 bridgehead atoms. The molecule has 13 heteroatoms. The van der Waals surface area contributed by atoms with Gasteiger partial charge < -0.3 is 24.5 Å². The first-order valence-electron chi connectivity index (χ1n) is 11.7. The SMILES string of the molecule is CC[C@@H](C)OC(=O)[C@H](N[P@@](=O)(OC[C@H]1OC[C@@H](n2ccc(N)nc2=O)O1)Oc1ccccc1)C(C)C. The zero-order valence-electron chi connectivity index (χ0n) is 20.7. The first-order chi connectivity index (χ1) is 17.1. The predicted molar refractivity (Wildman–Crippen MR) is 131 cm³/mol. The number of ether oxygens (including phenoxy) is 3. The van der Waals surface area contributed by atoms with Gasteiger partial charge in [0.25, 0.3) is 0 Å². The second-order valence-corrected chi connectivity index (χ2v) is 10.3. The number of nitrogens with two attached hydrogens (primary N) is 1. The fraction of sp³-hybridized carbons (Fsp3) is 0.522. The summed E-state index contributed by atoms with van der Waals surface area (Å²) in [6.07, 6.45) is 0.0478. The Morgan fingerprint density at radius 1 is 1.28 bits per heavy atom. The molecule has 5 atom stereocenters. The normalized spacial score (nSPS) is 21.0. The summed E-state index contributed by atoms with van der Waals surface area (Å²) in [6.45, 7) is 6.97. The van der Waals surface area contributed by atoms with Crippen LogP contribution in [0.4, 0.5) is 5.82 Å². The van der Waals surface area contributed by atoms with Gasteiger partial charge in [-0.25, -0.2) is 9.36 Å². The number of nitrogen functional groups attached to an aromatic ring is 1. The Bertz CT molecular complexity index is 1110. The van der Waals surface area contributed by atoms with Gasteiger partial charge in [0.1, 0.15) is 24.2 Å². The van der Waals surface area contributed by atoms with Crippen molar-refractivity contribution in [1.82, 2.24) is 14.6 Å². The standard InChI is InChI=1S/C23H33N4O8P/c1-5-16(4)33-22(28)21(15(2)3)26-36(30,35-17-9-7-6-8-10-17)32-14-20-31-13-19(34-20)27-12-11-18(24)25-23(27)29/h6-12,15-16,19-21H,5,13-14H2,1-4H3,(H,26,30)(H2,24,25,29)/t16-,19+,20+,21-,36-/m1/s1. The molecule has 1 aliphatic heterocycles. The van der Waals surface area contributed by atoms with Crippen molar-refractivity contribution >= 4 is 19.5 Å². The van der Waals surface area contributed by atoms with Crippen LogP contribution in [0.3, 0.4) is 0 Å². The Morgan fingerprint density at radius 2 is 2.00 bits per heavy atom. The molecule has 0 spiro atoms. The maximum Gasteiger partial charge on any atom is 0.459 e. The van der Waals surface area contributed by atoms with Crippen molar-refractivity contribution in [1.29, 1.82) is 0 Å². The number of esters is 1. The van der Waals surface area contributed by atoms with E-state index in [0.29, 0.717) is 6.42 Å². The molecule has 0 saturated carbocycles. The molecule has 2 heterocycles. The number of nitrogens with zero attached hydrogens (tertiary/aromatic N) is 2. The van der Waals surface area contributed by atoms with Gasteiger partial charge in [-0.3, -0.25) is 13.9 Å². The Hall–Kier alpha value is -2.76. The molecule has 1 aromatic heterocycles. The maximum atomic E-state index is 13.8. The van der Waals surface area contributed by atoms with Crippen molar-refractivity contribution in [2.24, 2.45) is 5.92 Å². The number of anilines is 1. The summed E-state index contributed by atoms with van der Waals surface area (Å²) in [6, 6.07) is 8.92. The van der Waals surface area contributed by atoms with Gasteiger partial charge in [-0.05, 0) is 37.5 Å². The first kappa shape index (κ1) is 27.8. The predicted octanol–water partition coefficient (Wildman–Crippen LogP) is 2.86. The Morgan fingerprint density at radius 3 is 2.64 bits per heavy atom. The van der Waals surface area contributed by atoms with Gasteiger partial charge in [0.05, 0.1) is 12.7 Å². The van der Waals surface area contributed by atoms with Crippen LogP contribution in [-0.2, 0) is 28.1 Å². The number of hydrogen-bond donors (Lipinski definition) is 2. The van der Waals surface area contributed by atoms with Gasteiger partial charge in [-0.15, -0.1) is 0 Å². The summed E-state index contributed by atoms with van der Waals surface area (Å²) in [5.41, 5.74) is 4.93. The van der Waals surface area contributed by atoms with Crippen molar-refractivity contribution in [3.8, 4) is 5.75 Å². The zero-order chi connectivity index (χ0) is 26.3. The van der Waals surface area contributed by atoms with Crippen molar-refractivity contribution in [2.75, 3.05) is 18.9 Å². The van der Waals surface area contributed by atoms with Crippen LogP contribution in [0, 0.1) is 5.92 Å². The highest BCUT2D eigenvalue weighted by molar-refractivity contribution is 7.52. The molecule has 1 fully saturated rings. The van der Waals surface area contributed by atoms with E-state index >= 15 is 0 Å². The lowest BCUT2D eigenvalue weighted by molar-refractivity contribution is -0.151. The summed E-state index contributed by atoms with van der Waals surface area (Å²) < 4.78 is 43.1. The molecule has 0 unspecified atom stereocenters. The molecule has 1 aliphatic rings. The number of benzene rings is 1. The lowest BCUT2D eigenvalue weighted by Crippen LogP contribution is -2.43. The minimum atomic E-state index is -4.13. The Balaban J connectivity index is 1.72. The molecular weight excluding hydrogens is 491 g/mol. The largest absolute Gasteiger partial charge is 0.462 e. The molecule has 36 heavy (non-hydrogen) atoms. The Labute approximate surface area is 209 Å². The smallest absolute Gasteiger partial charge is 0.459 e. The van der Waals surface area contributed by atoms with Gasteiger partial charge in [-0.1, -0.05) is 39.0 Å². The number of para-hydroxylation sites is 1. The quantitative estimate of drug-likeness (QED) is 0.311. The Kier molecular flexibility index (Phi) is 9.63. The van der Waals surface area contributed by atoms with Crippen LogP contribution in [-0.4, -0.2) is 47.2 Å². The molecule has 1 saturated heterocycles. The van der Waals surface area contributed by atoms with E-state index < -0.39 is 38.0 Å².